The third-order valence-electron chi connectivity index (χ3n) is 2.74. The van der Waals surface area contributed by atoms with E-state index in [2.05, 4.69) is 20.8 Å². The fraction of sp³-hybridized carbons (Fsp3) is 1.00. The lowest BCUT2D eigenvalue weighted by atomic mass is 9.96. The molecule has 1 N–H and O–H groups in total. The summed E-state index contributed by atoms with van der Waals surface area (Å²) in [5.74, 6) is -0.613. The van der Waals surface area contributed by atoms with Gasteiger partial charge < -0.3 is 5.11 Å². The van der Waals surface area contributed by atoms with E-state index in [1.54, 1.807) is 0 Å². The molecule has 1 unspecified atom stereocenters. The first kappa shape index (κ1) is 12.9. The summed E-state index contributed by atoms with van der Waals surface area (Å²) in [6, 6.07) is 0. The smallest absolute Gasteiger partial charge is 0.202 e. The van der Waals surface area contributed by atoms with Gasteiger partial charge in [0, 0.05) is 12.8 Å². The molecule has 3 nitrogen and oxygen atoms in total. The van der Waals surface area contributed by atoms with Crippen LogP contribution in [0.5, 0.6) is 0 Å². The highest BCUT2D eigenvalue weighted by molar-refractivity contribution is 4.77. The summed E-state index contributed by atoms with van der Waals surface area (Å²) in [7, 11) is 0. The van der Waals surface area contributed by atoms with Crippen molar-refractivity contribution < 1.29 is 14.9 Å². The largest absolute Gasteiger partial charge is 0.363 e. The minimum absolute atomic E-state index is 0.0836. The molecule has 0 amide bonds. The van der Waals surface area contributed by atoms with Gasteiger partial charge in [0.1, 0.15) is 0 Å². The Kier molecular flexibility index (Phi) is 5.03. The van der Waals surface area contributed by atoms with Crippen molar-refractivity contribution >= 4 is 0 Å². The third kappa shape index (κ3) is 4.49. The first-order valence-corrected chi connectivity index (χ1v) is 6.12. The fourth-order valence-corrected chi connectivity index (χ4v) is 2.11. The molecule has 90 valence electrons. The molecule has 15 heavy (non-hydrogen) atoms. The molecule has 0 radical (unpaired) electrons. The van der Waals surface area contributed by atoms with Crippen molar-refractivity contribution in [2.45, 2.75) is 71.2 Å². The summed E-state index contributed by atoms with van der Waals surface area (Å²) < 4.78 is 0. The number of hydrogen-bond acceptors (Lipinski definition) is 3. The molecule has 2 atom stereocenters. The first-order chi connectivity index (χ1) is 7.06. The van der Waals surface area contributed by atoms with Crippen molar-refractivity contribution in [3.05, 3.63) is 0 Å². The second-order valence-electron chi connectivity index (χ2n) is 5.05. The molecule has 0 bridgehead atoms. The van der Waals surface area contributed by atoms with Crippen LogP contribution in [0.2, 0.25) is 0 Å². The molecule has 1 aliphatic heterocycles. The minimum atomic E-state index is -1.04. The Labute approximate surface area is 92.7 Å². The number of hydrogen-bond donors (Lipinski definition) is 1. The van der Waals surface area contributed by atoms with Crippen molar-refractivity contribution in [3.63, 3.8) is 0 Å². The Morgan fingerprint density at radius 1 is 1.40 bits per heavy atom. The Hall–Kier alpha value is -0.120. The van der Waals surface area contributed by atoms with Gasteiger partial charge in [-0.15, -0.1) is 0 Å². The fourth-order valence-electron chi connectivity index (χ4n) is 2.11. The van der Waals surface area contributed by atoms with Gasteiger partial charge in [-0.05, 0) is 12.3 Å². The monoisotopic (exact) mass is 216 g/mol. The molecule has 0 aromatic carbocycles. The van der Waals surface area contributed by atoms with Crippen LogP contribution in [0.25, 0.3) is 0 Å². The highest BCUT2D eigenvalue weighted by Crippen LogP contribution is 2.33. The Balaban J connectivity index is 2.25. The summed E-state index contributed by atoms with van der Waals surface area (Å²) in [6.45, 7) is 6.33. The average Bonchev–Trinajstić information content (AvgIpc) is 2.46. The van der Waals surface area contributed by atoms with Crippen molar-refractivity contribution in [2.24, 2.45) is 5.92 Å². The van der Waals surface area contributed by atoms with Crippen LogP contribution in [0, 0.1) is 5.92 Å². The van der Waals surface area contributed by atoms with Gasteiger partial charge in [0.15, 0.2) is 0 Å². The van der Waals surface area contributed by atoms with E-state index in [-0.39, 0.29) is 6.10 Å². The Morgan fingerprint density at radius 2 is 2.13 bits per heavy atom. The van der Waals surface area contributed by atoms with Crippen LogP contribution in [-0.2, 0) is 9.78 Å². The quantitative estimate of drug-likeness (QED) is 0.548. The number of rotatable bonds is 6. The van der Waals surface area contributed by atoms with Gasteiger partial charge in [0.2, 0.25) is 5.79 Å². The maximum absolute atomic E-state index is 10.0. The van der Waals surface area contributed by atoms with E-state index in [9.17, 15) is 5.11 Å². The highest BCUT2D eigenvalue weighted by Gasteiger charge is 2.40. The van der Waals surface area contributed by atoms with Crippen molar-refractivity contribution in [1.29, 1.82) is 0 Å². The van der Waals surface area contributed by atoms with Crippen molar-refractivity contribution in [2.75, 3.05) is 0 Å². The summed E-state index contributed by atoms with van der Waals surface area (Å²) in [5, 5.41) is 10.0. The summed E-state index contributed by atoms with van der Waals surface area (Å²) >= 11 is 0. The molecular weight excluding hydrogens is 192 g/mol. The lowest BCUT2D eigenvalue weighted by Gasteiger charge is -2.20. The first-order valence-electron chi connectivity index (χ1n) is 6.12. The van der Waals surface area contributed by atoms with Gasteiger partial charge in [-0.1, -0.05) is 40.0 Å². The minimum Gasteiger partial charge on any atom is -0.363 e. The maximum atomic E-state index is 10.0. The van der Waals surface area contributed by atoms with E-state index < -0.39 is 5.79 Å². The van der Waals surface area contributed by atoms with E-state index in [4.69, 9.17) is 9.78 Å². The summed E-state index contributed by atoms with van der Waals surface area (Å²) in [4.78, 5) is 10.2. The van der Waals surface area contributed by atoms with E-state index in [1.807, 2.05) is 0 Å². The van der Waals surface area contributed by atoms with Crippen LogP contribution < -0.4 is 0 Å². The number of aliphatic hydroxyl groups is 1. The molecule has 0 saturated carbocycles. The number of unbranched alkanes of at least 4 members (excludes halogenated alkanes) is 2. The van der Waals surface area contributed by atoms with Gasteiger partial charge in [0.25, 0.3) is 0 Å². The van der Waals surface area contributed by atoms with Crippen LogP contribution in [0.15, 0.2) is 0 Å². The Bertz CT molecular complexity index is 182. The van der Waals surface area contributed by atoms with E-state index in [0.29, 0.717) is 18.8 Å². The molecule has 0 spiro atoms. The highest BCUT2D eigenvalue weighted by atomic mass is 17.2. The average molecular weight is 216 g/mol. The van der Waals surface area contributed by atoms with Gasteiger partial charge in [-0.25, -0.2) is 9.78 Å². The normalized spacial score (nSPS) is 31.4. The van der Waals surface area contributed by atoms with Crippen molar-refractivity contribution in [3.8, 4) is 0 Å². The van der Waals surface area contributed by atoms with Crippen LogP contribution in [0.4, 0.5) is 0 Å². The van der Waals surface area contributed by atoms with Crippen molar-refractivity contribution in [1.82, 2.24) is 0 Å². The van der Waals surface area contributed by atoms with Crippen LogP contribution >= 0.6 is 0 Å². The third-order valence-corrected chi connectivity index (χ3v) is 2.74. The van der Waals surface area contributed by atoms with E-state index in [1.165, 1.54) is 12.8 Å². The zero-order valence-corrected chi connectivity index (χ0v) is 10.2. The standard InChI is InChI=1S/C12H24O3/c1-4-5-6-7-11-9-12(13,15-14-11)8-10(2)3/h10-11,13H,4-9H2,1-3H3/t11-,12?/m1/s1. The van der Waals surface area contributed by atoms with Gasteiger partial charge in [0.05, 0.1) is 6.10 Å². The lowest BCUT2D eigenvalue weighted by Crippen LogP contribution is -2.29. The maximum Gasteiger partial charge on any atom is 0.202 e. The molecule has 0 aromatic heterocycles. The van der Waals surface area contributed by atoms with Crippen LogP contribution in [-0.4, -0.2) is 17.0 Å². The second-order valence-corrected chi connectivity index (χ2v) is 5.05. The zero-order chi connectivity index (χ0) is 11.3. The molecular formula is C12H24O3. The predicted molar refractivity (Wildman–Crippen MR) is 59.1 cm³/mol. The molecule has 1 aliphatic rings. The Morgan fingerprint density at radius 3 is 2.73 bits per heavy atom. The van der Waals surface area contributed by atoms with Gasteiger partial charge in [-0.2, -0.15) is 0 Å². The van der Waals surface area contributed by atoms with Gasteiger partial charge >= 0.3 is 0 Å². The molecule has 1 fully saturated rings. The lowest BCUT2D eigenvalue weighted by molar-refractivity contribution is -0.381. The SMILES string of the molecule is CCCCC[C@@H]1CC(O)(CC(C)C)OO1. The van der Waals surface area contributed by atoms with E-state index >= 15 is 0 Å². The summed E-state index contributed by atoms with van der Waals surface area (Å²) in [6.07, 6.45) is 5.94. The zero-order valence-electron chi connectivity index (χ0n) is 10.2. The predicted octanol–water partition coefficient (Wildman–Crippen LogP) is 3.02. The van der Waals surface area contributed by atoms with Gasteiger partial charge in [-0.3, -0.25) is 0 Å². The van der Waals surface area contributed by atoms with Crippen LogP contribution in [0.1, 0.15) is 59.3 Å². The van der Waals surface area contributed by atoms with Crippen LogP contribution in [0.3, 0.4) is 0 Å². The molecule has 3 heteroatoms. The van der Waals surface area contributed by atoms with E-state index in [0.717, 1.165) is 12.8 Å². The molecule has 0 aromatic rings. The molecule has 1 saturated heterocycles. The molecule has 0 aliphatic carbocycles. The molecule has 1 heterocycles. The topological polar surface area (TPSA) is 38.7 Å². The second kappa shape index (κ2) is 5.83. The summed E-state index contributed by atoms with van der Waals surface area (Å²) in [5.41, 5.74) is 0. The molecule has 1 rings (SSSR count).